The molecule has 6 heteroatoms. The lowest BCUT2D eigenvalue weighted by Gasteiger charge is -2.22. The van der Waals surface area contributed by atoms with E-state index in [1.165, 1.54) is 0 Å². The molecule has 0 saturated heterocycles. The SMILES string of the molecule is NC(=O)C1CCCC1C(=O)N(O)c1ccc(Cc2ccncc2)cc1. The Morgan fingerprint density at radius 2 is 1.64 bits per heavy atom. The lowest BCUT2D eigenvalue weighted by Crippen LogP contribution is -2.39. The fourth-order valence-corrected chi connectivity index (χ4v) is 3.37. The molecule has 1 aliphatic rings. The van der Waals surface area contributed by atoms with Gasteiger partial charge in [-0.25, -0.2) is 0 Å². The molecular formula is C19H21N3O3. The Balaban J connectivity index is 1.69. The number of nitrogens with zero attached hydrogens (tertiary/aromatic N) is 2. The van der Waals surface area contributed by atoms with Gasteiger partial charge in [-0.2, -0.15) is 5.06 Å². The second-order valence-corrected chi connectivity index (χ2v) is 6.39. The summed E-state index contributed by atoms with van der Waals surface area (Å²) in [4.78, 5) is 27.9. The van der Waals surface area contributed by atoms with Crippen LogP contribution in [0.3, 0.4) is 0 Å². The van der Waals surface area contributed by atoms with Crippen LogP contribution < -0.4 is 10.8 Å². The van der Waals surface area contributed by atoms with Gasteiger partial charge < -0.3 is 5.73 Å². The van der Waals surface area contributed by atoms with Gasteiger partial charge in [0, 0.05) is 18.3 Å². The van der Waals surface area contributed by atoms with Crippen LogP contribution in [0, 0.1) is 11.8 Å². The molecule has 2 unspecified atom stereocenters. The van der Waals surface area contributed by atoms with Crippen LogP contribution in [0.15, 0.2) is 48.8 Å². The first kappa shape index (κ1) is 17.1. The number of nitrogens with two attached hydrogens (primary N) is 1. The Labute approximate surface area is 146 Å². The van der Waals surface area contributed by atoms with Crippen molar-refractivity contribution in [3.63, 3.8) is 0 Å². The summed E-state index contributed by atoms with van der Waals surface area (Å²) in [6, 6.07) is 11.0. The Kier molecular flexibility index (Phi) is 5.09. The minimum absolute atomic E-state index is 0.388. The average molecular weight is 339 g/mol. The smallest absolute Gasteiger partial charge is 0.254 e. The third-order valence-electron chi connectivity index (χ3n) is 4.75. The van der Waals surface area contributed by atoms with Crippen molar-refractivity contribution in [3.8, 4) is 0 Å². The van der Waals surface area contributed by atoms with Gasteiger partial charge in [-0.05, 0) is 54.7 Å². The van der Waals surface area contributed by atoms with E-state index in [2.05, 4.69) is 4.98 Å². The van der Waals surface area contributed by atoms with Crippen molar-refractivity contribution in [3.05, 3.63) is 59.9 Å². The van der Waals surface area contributed by atoms with E-state index in [1.54, 1.807) is 24.5 Å². The van der Waals surface area contributed by atoms with E-state index in [4.69, 9.17) is 5.73 Å². The fraction of sp³-hybridized carbons (Fsp3) is 0.316. The highest BCUT2D eigenvalue weighted by molar-refractivity contribution is 5.96. The molecule has 1 saturated carbocycles. The predicted molar refractivity (Wildman–Crippen MR) is 92.8 cm³/mol. The summed E-state index contributed by atoms with van der Waals surface area (Å²) >= 11 is 0. The maximum absolute atomic E-state index is 12.5. The van der Waals surface area contributed by atoms with Crippen LogP contribution in [0.1, 0.15) is 30.4 Å². The van der Waals surface area contributed by atoms with E-state index in [-0.39, 0.29) is 0 Å². The van der Waals surface area contributed by atoms with Crippen LogP contribution in [0.2, 0.25) is 0 Å². The van der Waals surface area contributed by atoms with E-state index in [0.717, 1.165) is 24.0 Å². The highest BCUT2D eigenvalue weighted by Crippen LogP contribution is 2.33. The number of hydroxylamine groups is 1. The molecule has 0 aliphatic heterocycles. The van der Waals surface area contributed by atoms with E-state index in [1.807, 2.05) is 24.3 Å². The Hall–Kier alpha value is -2.73. The number of pyridine rings is 1. The molecule has 0 spiro atoms. The molecule has 0 bridgehead atoms. The molecule has 130 valence electrons. The molecule has 1 heterocycles. The average Bonchev–Trinajstić information content (AvgIpc) is 3.12. The normalized spacial score (nSPS) is 19.6. The zero-order valence-electron chi connectivity index (χ0n) is 13.8. The number of amides is 2. The van der Waals surface area contributed by atoms with Gasteiger partial charge in [0.15, 0.2) is 0 Å². The maximum atomic E-state index is 12.5. The molecule has 1 aromatic heterocycles. The molecular weight excluding hydrogens is 318 g/mol. The predicted octanol–water partition coefficient (Wildman–Crippen LogP) is 2.30. The highest BCUT2D eigenvalue weighted by atomic mass is 16.5. The van der Waals surface area contributed by atoms with Crippen molar-refractivity contribution in [2.75, 3.05) is 5.06 Å². The van der Waals surface area contributed by atoms with Crippen molar-refractivity contribution >= 4 is 17.5 Å². The van der Waals surface area contributed by atoms with Gasteiger partial charge in [-0.15, -0.1) is 0 Å². The third kappa shape index (κ3) is 3.85. The molecule has 2 amide bonds. The van der Waals surface area contributed by atoms with Gasteiger partial charge in [0.1, 0.15) is 0 Å². The van der Waals surface area contributed by atoms with Crippen LogP contribution in [-0.2, 0) is 16.0 Å². The summed E-state index contributed by atoms with van der Waals surface area (Å²) in [5.41, 5.74) is 7.95. The molecule has 25 heavy (non-hydrogen) atoms. The number of primary amides is 1. The van der Waals surface area contributed by atoms with Crippen LogP contribution in [0.5, 0.6) is 0 Å². The molecule has 2 aromatic rings. The summed E-state index contributed by atoms with van der Waals surface area (Å²) < 4.78 is 0. The molecule has 1 aliphatic carbocycles. The fourth-order valence-electron chi connectivity index (χ4n) is 3.37. The van der Waals surface area contributed by atoms with Gasteiger partial charge in [0.25, 0.3) is 5.91 Å². The van der Waals surface area contributed by atoms with Crippen LogP contribution in [0.25, 0.3) is 0 Å². The van der Waals surface area contributed by atoms with Crippen molar-refractivity contribution in [2.24, 2.45) is 17.6 Å². The van der Waals surface area contributed by atoms with E-state index in [9.17, 15) is 14.8 Å². The van der Waals surface area contributed by atoms with E-state index < -0.39 is 23.7 Å². The Morgan fingerprint density at radius 1 is 1.04 bits per heavy atom. The number of rotatable bonds is 5. The molecule has 6 nitrogen and oxygen atoms in total. The first-order valence-electron chi connectivity index (χ1n) is 8.36. The van der Waals surface area contributed by atoms with E-state index >= 15 is 0 Å². The topological polar surface area (TPSA) is 96.5 Å². The number of carbonyl (C=O) groups excluding carboxylic acids is 2. The van der Waals surface area contributed by atoms with Gasteiger partial charge in [0.05, 0.1) is 11.6 Å². The second kappa shape index (κ2) is 7.44. The van der Waals surface area contributed by atoms with Gasteiger partial charge in [0.2, 0.25) is 5.91 Å². The number of hydrogen-bond donors (Lipinski definition) is 2. The molecule has 1 aromatic carbocycles. The standard InChI is InChI=1S/C19H21N3O3/c20-18(23)16-2-1-3-17(16)19(24)22(25)15-6-4-13(5-7-15)12-14-8-10-21-11-9-14/h4-11,16-17,25H,1-3,12H2,(H2,20,23). The summed E-state index contributed by atoms with van der Waals surface area (Å²) in [6.45, 7) is 0. The summed E-state index contributed by atoms with van der Waals surface area (Å²) in [6.07, 6.45) is 6.18. The monoisotopic (exact) mass is 339 g/mol. The summed E-state index contributed by atoms with van der Waals surface area (Å²) in [7, 11) is 0. The number of carbonyl (C=O) groups is 2. The quantitative estimate of drug-likeness (QED) is 0.645. The minimum Gasteiger partial charge on any atom is -0.369 e. The Bertz CT molecular complexity index is 746. The van der Waals surface area contributed by atoms with Crippen molar-refractivity contribution in [1.29, 1.82) is 0 Å². The summed E-state index contributed by atoms with van der Waals surface area (Å²) in [5.74, 6) is -1.98. The molecule has 1 fully saturated rings. The zero-order valence-corrected chi connectivity index (χ0v) is 13.8. The Morgan fingerprint density at radius 3 is 2.28 bits per heavy atom. The lowest BCUT2D eigenvalue weighted by atomic mass is 9.94. The van der Waals surface area contributed by atoms with Gasteiger partial charge in [-0.3, -0.25) is 19.8 Å². The number of hydrogen-bond acceptors (Lipinski definition) is 4. The molecule has 2 atom stereocenters. The lowest BCUT2D eigenvalue weighted by molar-refractivity contribution is -0.133. The van der Waals surface area contributed by atoms with Crippen molar-refractivity contribution in [2.45, 2.75) is 25.7 Å². The van der Waals surface area contributed by atoms with Crippen LogP contribution in [-0.4, -0.2) is 22.0 Å². The third-order valence-corrected chi connectivity index (χ3v) is 4.75. The van der Waals surface area contributed by atoms with Crippen molar-refractivity contribution in [1.82, 2.24) is 4.98 Å². The first-order valence-corrected chi connectivity index (χ1v) is 8.36. The van der Waals surface area contributed by atoms with E-state index in [0.29, 0.717) is 23.6 Å². The molecule has 3 N–H and O–H groups in total. The number of aromatic nitrogens is 1. The number of anilines is 1. The van der Waals surface area contributed by atoms with Crippen molar-refractivity contribution < 1.29 is 14.8 Å². The first-order chi connectivity index (χ1) is 12.1. The molecule has 0 radical (unpaired) electrons. The van der Waals surface area contributed by atoms with Gasteiger partial charge >= 0.3 is 0 Å². The zero-order chi connectivity index (χ0) is 17.8. The second-order valence-electron chi connectivity index (χ2n) is 6.39. The van der Waals surface area contributed by atoms with Crippen LogP contribution >= 0.6 is 0 Å². The summed E-state index contributed by atoms with van der Waals surface area (Å²) in [5, 5.41) is 10.9. The molecule has 3 rings (SSSR count). The number of benzene rings is 1. The minimum atomic E-state index is -0.543. The van der Waals surface area contributed by atoms with Crippen LogP contribution in [0.4, 0.5) is 5.69 Å². The highest BCUT2D eigenvalue weighted by Gasteiger charge is 2.38. The van der Waals surface area contributed by atoms with Gasteiger partial charge in [-0.1, -0.05) is 18.6 Å². The maximum Gasteiger partial charge on any atom is 0.254 e. The largest absolute Gasteiger partial charge is 0.369 e.